The first-order valence-corrected chi connectivity index (χ1v) is 13.4. The highest BCUT2D eigenvalue weighted by atomic mass is 16.5. The standard InChI is InChI=1S/C25H38N4O2.C4H10/c1-17(2)21(7-10-26-5)25(27-6)24-19(4)22(20-8-12-30-13-9-20)15-23(28-24)29-11-14-31-16-18(29)3;1-3-4-2/h7,10,15,17-18,20H,8-9,11-14,16H2,1-6H3;3-4H2,1-2H3/b21-7+,26-10?,27-25?;/t18-;/m1./s1. The first-order valence-electron chi connectivity index (χ1n) is 13.4. The first kappa shape index (κ1) is 29.2. The number of hydrogen-bond acceptors (Lipinski definition) is 6. The molecule has 0 saturated carbocycles. The van der Waals surface area contributed by atoms with E-state index in [1.807, 2.05) is 13.3 Å². The van der Waals surface area contributed by atoms with Gasteiger partial charge in [-0.15, -0.1) is 0 Å². The molecule has 0 bridgehead atoms. The Labute approximate surface area is 213 Å². The highest BCUT2D eigenvalue weighted by Gasteiger charge is 2.27. The van der Waals surface area contributed by atoms with Crippen molar-refractivity contribution in [2.75, 3.05) is 52.0 Å². The van der Waals surface area contributed by atoms with Gasteiger partial charge in [-0.1, -0.05) is 40.5 Å². The summed E-state index contributed by atoms with van der Waals surface area (Å²) < 4.78 is 11.3. The summed E-state index contributed by atoms with van der Waals surface area (Å²) in [5.74, 6) is 1.84. The Morgan fingerprint density at radius 1 is 1.14 bits per heavy atom. The number of hydrogen-bond donors (Lipinski definition) is 0. The van der Waals surface area contributed by atoms with Crippen molar-refractivity contribution in [1.82, 2.24) is 4.98 Å². The molecular formula is C29H48N4O2. The third-order valence-corrected chi connectivity index (χ3v) is 6.87. The molecule has 6 heteroatoms. The summed E-state index contributed by atoms with van der Waals surface area (Å²) in [6.07, 6.45) is 8.67. The van der Waals surface area contributed by atoms with Crippen LogP contribution in [0.2, 0.25) is 0 Å². The SMILES string of the molecule is CCCC.CN=C/C=C(/C(=NC)c1nc(N2CCOC[C@H]2C)cc(C2CCOCC2)c1C)C(C)C. The van der Waals surface area contributed by atoms with E-state index in [-0.39, 0.29) is 0 Å². The van der Waals surface area contributed by atoms with E-state index in [9.17, 15) is 0 Å². The molecule has 1 aromatic rings. The van der Waals surface area contributed by atoms with E-state index in [1.165, 1.54) is 24.0 Å². The van der Waals surface area contributed by atoms with Crippen molar-refractivity contribution in [1.29, 1.82) is 0 Å². The molecule has 2 aliphatic heterocycles. The maximum Gasteiger partial charge on any atom is 0.130 e. The fraction of sp³-hybridized carbons (Fsp3) is 0.690. The van der Waals surface area contributed by atoms with E-state index in [4.69, 9.17) is 19.5 Å². The van der Waals surface area contributed by atoms with Crippen LogP contribution in [0.3, 0.4) is 0 Å². The molecule has 0 N–H and O–H groups in total. The molecule has 35 heavy (non-hydrogen) atoms. The van der Waals surface area contributed by atoms with Crippen LogP contribution in [0.15, 0.2) is 27.7 Å². The van der Waals surface area contributed by atoms with Crippen molar-refractivity contribution in [3.05, 3.63) is 34.5 Å². The number of anilines is 1. The molecule has 0 amide bonds. The van der Waals surface area contributed by atoms with Gasteiger partial charge in [-0.05, 0) is 67.4 Å². The second kappa shape index (κ2) is 15.1. The maximum absolute atomic E-state index is 5.68. The van der Waals surface area contributed by atoms with Gasteiger partial charge in [0.25, 0.3) is 0 Å². The number of aromatic nitrogens is 1. The first-order chi connectivity index (χ1) is 16.9. The largest absolute Gasteiger partial charge is 0.381 e. The minimum absolute atomic E-state index is 0.300. The number of morpholine rings is 1. The number of allylic oxidation sites excluding steroid dienone is 2. The molecule has 0 radical (unpaired) electrons. The van der Waals surface area contributed by atoms with Crippen LogP contribution in [0.25, 0.3) is 0 Å². The number of rotatable bonds is 7. The van der Waals surface area contributed by atoms with Crippen LogP contribution in [0.1, 0.15) is 83.0 Å². The lowest BCUT2D eigenvalue weighted by molar-refractivity contribution is 0.0851. The summed E-state index contributed by atoms with van der Waals surface area (Å²) in [5.41, 5.74) is 5.73. The van der Waals surface area contributed by atoms with Gasteiger partial charge in [-0.2, -0.15) is 0 Å². The Hall–Kier alpha value is -2.05. The predicted molar refractivity (Wildman–Crippen MR) is 150 cm³/mol. The Morgan fingerprint density at radius 2 is 1.83 bits per heavy atom. The number of aliphatic imine (C=N–C) groups is 2. The van der Waals surface area contributed by atoms with Crippen LogP contribution in [-0.4, -0.2) is 70.0 Å². The average molecular weight is 485 g/mol. The van der Waals surface area contributed by atoms with E-state index in [0.29, 0.717) is 17.9 Å². The third-order valence-electron chi connectivity index (χ3n) is 6.87. The third kappa shape index (κ3) is 7.97. The van der Waals surface area contributed by atoms with Gasteiger partial charge in [0.1, 0.15) is 5.82 Å². The van der Waals surface area contributed by atoms with Gasteiger partial charge < -0.3 is 14.4 Å². The molecule has 0 aromatic carbocycles. The molecule has 6 nitrogen and oxygen atoms in total. The van der Waals surface area contributed by atoms with Crippen LogP contribution < -0.4 is 4.90 Å². The normalized spacial score (nSPS) is 20.4. The second-order valence-corrected chi connectivity index (χ2v) is 9.80. The summed E-state index contributed by atoms with van der Waals surface area (Å²) in [7, 11) is 3.66. The average Bonchev–Trinajstić information content (AvgIpc) is 2.88. The van der Waals surface area contributed by atoms with E-state index in [0.717, 1.165) is 68.6 Å². The predicted octanol–water partition coefficient (Wildman–Crippen LogP) is 6.02. The van der Waals surface area contributed by atoms with Crippen molar-refractivity contribution < 1.29 is 9.47 Å². The highest BCUT2D eigenvalue weighted by molar-refractivity contribution is 6.14. The van der Waals surface area contributed by atoms with E-state index < -0.39 is 0 Å². The van der Waals surface area contributed by atoms with Crippen LogP contribution in [-0.2, 0) is 9.47 Å². The zero-order valence-corrected chi connectivity index (χ0v) is 23.4. The molecule has 0 spiro atoms. The molecule has 1 aromatic heterocycles. The Balaban J connectivity index is 0.00000100. The Bertz CT molecular complexity index is 868. The Kier molecular flexibility index (Phi) is 12.6. The number of nitrogens with zero attached hydrogens (tertiary/aromatic N) is 4. The number of pyridine rings is 1. The van der Waals surface area contributed by atoms with E-state index in [2.05, 4.69) is 63.6 Å². The summed E-state index contributed by atoms with van der Waals surface area (Å²) in [4.78, 5) is 16.5. The molecule has 0 aliphatic carbocycles. The number of unbranched alkanes of at least 4 members (excludes halogenated alkanes) is 1. The topological polar surface area (TPSA) is 59.3 Å². The lowest BCUT2D eigenvalue weighted by Crippen LogP contribution is -2.44. The second-order valence-electron chi connectivity index (χ2n) is 9.80. The molecule has 2 saturated heterocycles. The molecule has 3 rings (SSSR count). The van der Waals surface area contributed by atoms with E-state index >= 15 is 0 Å². The molecule has 2 fully saturated rings. The molecule has 2 aliphatic rings. The Morgan fingerprint density at radius 3 is 2.37 bits per heavy atom. The van der Waals surface area contributed by atoms with Crippen LogP contribution in [0.5, 0.6) is 0 Å². The van der Waals surface area contributed by atoms with Crippen LogP contribution in [0, 0.1) is 12.8 Å². The van der Waals surface area contributed by atoms with Gasteiger partial charge in [-0.3, -0.25) is 9.98 Å². The highest BCUT2D eigenvalue weighted by Crippen LogP contribution is 2.34. The lowest BCUT2D eigenvalue weighted by Gasteiger charge is -2.36. The molecule has 1 atom stereocenters. The fourth-order valence-corrected chi connectivity index (χ4v) is 4.56. The van der Waals surface area contributed by atoms with Crippen molar-refractivity contribution in [2.24, 2.45) is 15.9 Å². The van der Waals surface area contributed by atoms with Gasteiger partial charge >= 0.3 is 0 Å². The monoisotopic (exact) mass is 484 g/mol. The van der Waals surface area contributed by atoms with Crippen molar-refractivity contribution in [3.8, 4) is 0 Å². The van der Waals surface area contributed by atoms with Gasteiger partial charge in [0.05, 0.1) is 30.7 Å². The van der Waals surface area contributed by atoms with Crippen molar-refractivity contribution in [2.45, 2.75) is 79.2 Å². The molecule has 0 unspecified atom stereocenters. The fourth-order valence-electron chi connectivity index (χ4n) is 4.56. The van der Waals surface area contributed by atoms with Gasteiger partial charge in [-0.25, -0.2) is 4.98 Å². The quantitative estimate of drug-likeness (QED) is 0.444. The van der Waals surface area contributed by atoms with Gasteiger partial charge in [0, 0.05) is 40.1 Å². The minimum atomic E-state index is 0.300. The van der Waals surface area contributed by atoms with Crippen molar-refractivity contribution in [3.63, 3.8) is 0 Å². The smallest absolute Gasteiger partial charge is 0.130 e. The number of ether oxygens (including phenoxy) is 2. The summed E-state index contributed by atoms with van der Waals surface area (Å²) in [6, 6.07) is 2.62. The minimum Gasteiger partial charge on any atom is -0.381 e. The van der Waals surface area contributed by atoms with Crippen LogP contribution >= 0.6 is 0 Å². The summed E-state index contributed by atoms with van der Waals surface area (Å²) in [6.45, 7) is 17.1. The van der Waals surface area contributed by atoms with E-state index in [1.54, 1.807) is 7.05 Å². The van der Waals surface area contributed by atoms with Gasteiger partial charge in [0.2, 0.25) is 0 Å². The zero-order chi connectivity index (χ0) is 25.8. The molecular weight excluding hydrogens is 436 g/mol. The van der Waals surface area contributed by atoms with Crippen LogP contribution in [0.4, 0.5) is 5.82 Å². The van der Waals surface area contributed by atoms with Gasteiger partial charge in [0.15, 0.2) is 0 Å². The summed E-state index contributed by atoms with van der Waals surface area (Å²) in [5, 5.41) is 0. The zero-order valence-electron chi connectivity index (χ0n) is 23.4. The molecule has 196 valence electrons. The summed E-state index contributed by atoms with van der Waals surface area (Å²) >= 11 is 0. The molecule has 3 heterocycles. The lowest BCUT2D eigenvalue weighted by atomic mass is 9.86. The maximum atomic E-state index is 5.68. The van der Waals surface area contributed by atoms with Crippen molar-refractivity contribution >= 4 is 17.7 Å².